The Bertz CT molecular complexity index is 790. The lowest BCUT2D eigenvalue weighted by Crippen LogP contribution is -2.36. The molecule has 0 radical (unpaired) electrons. The van der Waals surface area contributed by atoms with E-state index in [-0.39, 0.29) is 5.91 Å². The fraction of sp³-hybridized carbons (Fsp3) is 0.500. The Kier molecular flexibility index (Phi) is 6.39. The van der Waals surface area contributed by atoms with E-state index in [1.165, 1.54) is 5.69 Å². The number of amides is 1. The minimum atomic E-state index is -0.609. The zero-order valence-corrected chi connectivity index (χ0v) is 16.9. The van der Waals surface area contributed by atoms with Gasteiger partial charge in [0.2, 0.25) is 0 Å². The van der Waals surface area contributed by atoms with Crippen LogP contribution in [0.5, 0.6) is 5.75 Å². The fourth-order valence-corrected chi connectivity index (χ4v) is 3.44. The maximum Gasteiger partial charge on any atom is 0.261 e. The van der Waals surface area contributed by atoms with Gasteiger partial charge < -0.3 is 10.1 Å². The average molecular weight is 391 g/mol. The lowest BCUT2D eigenvalue weighted by Gasteiger charge is -2.28. The van der Waals surface area contributed by atoms with Crippen LogP contribution in [0, 0.1) is 5.92 Å². The Balaban J connectivity index is 1.51. The molecule has 3 rings (SSSR count). The number of nitrogens with zero attached hydrogens (tertiary/aromatic N) is 3. The van der Waals surface area contributed by atoms with Crippen LogP contribution in [0.15, 0.2) is 30.3 Å². The fourth-order valence-electron chi connectivity index (χ4n) is 3.26. The van der Waals surface area contributed by atoms with Crippen molar-refractivity contribution in [3.8, 4) is 5.75 Å². The van der Waals surface area contributed by atoms with Crippen LogP contribution in [0.1, 0.15) is 32.2 Å². The predicted molar refractivity (Wildman–Crippen MR) is 106 cm³/mol. The largest absolute Gasteiger partial charge is 0.481 e. The van der Waals surface area contributed by atoms with Crippen LogP contribution in [-0.4, -0.2) is 39.8 Å². The van der Waals surface area contributed by atoms with Crippen molar-refractivity contribution in [1.82, 2.24) is 20.0 Å². The Morgan fingerprint density at radius 2 is 2.11 bits per heavy atom. The maximum atomic E-state index is 12.3. The van der Waals surface area contributed by atoms with Crippen LogP contribution in [0.25, 0.3) is 0 Å². The number of benzene rings is 1. The molecule has 0 saturated heterocycles. The molecule has 0 saturated carbocycles. The monoisotopic (exact) mass is 390 g/mol. The highest BCUT2D eigenvalue weighted by Crippen LogP contribution is 2.18. The molecule has 146 valence electrons. The summed E-state index contributed by atoms with van der Waals surface area (Å²) in [4.78, 5) is 14.8. The Morgan fingerprint density at radius 3 is 2.85 bits per heavy atom. The van der Waals surface area contributed by atoms with Gasteiger partial charge in [0.05, 0.1) is 24.5 Å². The second-order valence-electron chi connectivity index (χ2n) is 7.41. The molecule has 1 aliphatic rings. The van der Waals surface area contributed by atoms with Gasteiger partial charge in [-0.1, -0.05) is 31.5 Å². The standard InChI is InChI=1S/C20H27ClN4O2/c1-14(2)12-24-7-8-25-18(13-24)10-17(23-25)11-22-20(26)15(3)27-19-6-4-5-16(21)9-19/h4-6,9-10,14-15H,7-8,11-13H2,1-3H3,(H,22,26). The number of carbonyl (C=O) groups excluding carboxylic acids is 1. The van der Waals surface area contributed by atoms with Crippen LogP contribution in [-0.2, 0) is 24.4 Å². The van der Waals surface area contributed by atoms with E-state index in [0.717, 1.165) is 31.9 Å². The van der Waals surface area contributed by atoms with Gasteiger partial charge in [-0.3, -0.25) is 14.4 Å². The minimum absolute atomic E-state index is 0.178. The third kappa shape index (κ3) is 5.47. The minimum Gasteiger partial charge on any atom is -0.481 e. The van der Waals surface area contributed by atoms with Crippen LogP contribution < -0.4 is 10.1 Å². The van der Waals surface area contributed by atoms with Gasteiger partial charge in [-0.05, 0) is 37.1 Å². The molecule has 2 heterocycles. The first-order valence-corrected chi connectivity index (χ1v) is 9.76. The summed E-state index contributed by atoms with van der Waals surface area (Å²) in [5, 5.41) is 8.09. The van der Waals surface area contributed by atoms with E-state index >= 15 is 0 Å². The van der Waals surface area contributed by atoms with E-state index in [1.807, 2.05) is 4.68 Å². The molecule has 0 aliphatic carbocycles. The predicted octanol–water partition coefficient (Wildman–Crippen LogP) is 3.09. The lowest BCUT2D eigenvalue weighted by atomic mass is 10.2. The van der Waals surface area contributed by atoms with Crippen molar-refractivity contribution in [2.45, 2.75) is 46.5 Å². The van der Waals surface area contributed by atoms with Gasteiger partial charge in [0.25, 0.3) is 5.91 Å². The molecule has 6 nitrogen and oxygen atoms in total. The first-order chi connectivity index (χ1) is 12.9. The van der Waals surface area contributed by atoms with Gasteiger partial charge in [-0.2, -0.15) is 5.10 Å². The molecular weight excluding hydrogens is 364 g/mol. The van der Waals surface area contributed by atoms with Gasteiger partial charge in [-0.15, -0.1) is 0 Å². The Labute approximate surface area is 165 Å². The summed E-state index contributed by atoms with van der Waals surface area (Å²) in [7, 11) is 0. The van der Waals surface area contributed by atoms with Crippen LogP contribution in [0.3, 0.4) is 0 Å². The van der Waals surface area contributed by atoms with Crippen molar-refractivity contribution in [2.24, 2.45) is 5.92 Å². The first-order valence-electron chi connectivity index (χ1n) is 9.38. The van der Waals surface area contributed by atoms with Crippen LogP contribution >= 0.6 is 11.6 Å². The number of carbonyl (C=O) groups is 1. The van der Waals surface area contributed by atoms with Crippen molar-refractivity contribution < 1.29 is 9.53 Å². The summed E-state index contributed by atoms with van der Waals surface area (Å²) >= 11 is 5.94. The van der Waals surface area contributed by atoms with Crippen molar-refractivity contribution in [3.63, 3.8) is 0 Å². The molecule has 1 amide bonds. The molecule has 0 spiro atoms. The average Bonchev–Trinajstić information content (AvgIpc) is 3.01. The van der Waals surface area contributed by atoms with Crippen molar-refractivity contribution in [2.75, 3.05) is 13.1 Å². The maximum absolute atomic E-state index is 12.3. The van der Waals surface area contributed by atoms with E-state index in [4.69, 9.17) is 16.3 Å². The molecule has 1 aliphatic heterocycles. The van der Waals surface area contributed by atoms with E-state index in [1.54, 1.807) is 31.2 Å². The van der Waals surface area contributed by atoms with Crippen LogP contribution in [0.2, 0.25) is 5.02 Å². The molecule has 0 fully saturated rings. The molecular formula is C20H27ClN4O2. The normalized spacial score (nSPS) is 15.4. The summed E-state index contributed by atoms with van der Waals surface area (Å²) in [6.07, 6.45) is -0.609. The topological polar surface area (TPSA) is 59.4 Å². The second kappa shape index (κ2) is 8.76. The highest BCUT2D eigenvalue weighted by Gasteiger charge is 2.20. The zero-order chi connectivity index (χ0) is 19.4. The highest BCUT2D eigenvalue weighted by atomic mass is 35.5. The number of hydrogen-bond donors (Lipinski definition) is 1. The van der Waals surface area contributed by atoms with Gasteiger partial charge in [-0.25, -0.2) is 0 Å². The van der Waals surface area contributed by atoms with E-state index in [2.05, 4.69) is 35.2 Å². The molecule has 0 bridgehead atoms. The zero-order valence-electron chi connectivity index (χ0n) is 16.1. The van der Waals surface area contributed by atoms with Gasteiger partial charge in [0.15, 0.2) is 6.10 Å². The number of aromatic nitrogens is 2. The van der Waals surface area contributed by atoms with Crippen molar-refractivity contribution in [1.29, 1.82) is 0 Å². The Morgan fingerprint density at radius 1 is 1.30 bits per heavy atom. The molecule has 1 atom stereocenters. The summed E-state index contributed by atoms with van der Waals surface area (Å²) < 4.78 is 7.69. The van der Waals surface area contributed by atoms with E-state index < -0.39 is 6.10 Å². The molecule has 1 aromatic heterocycles. The number of fused-ring (bicyclic) bond motifs is 1. The van der Waals surface area contributed by atoms with Crippen LogP contribution in [0.4, 0.5) is 0 Å². The second-order valence-corrected chi connectivity index (χ2v) is 7.85. The van der Waals surface area contributed by atoms with E-state index in [9.17, 15) is 4.79 Å². The number of nitrogens with one attached hydrogen (secondary N) is 1. The number of rotatable bonds is 7. The molecule has 1 unspecified atom stereocenters. The number of ether oxygens (including phenoxy) is 1. The molecule has 1 aromatic carbocycles. The molecule has 1 N–H and O–H groups in total. The highest BCUT2D eigenvalue weighted by molar-refractivity contribution is 6.30. The third-order valence-corrected chi connectivity index (χ3v) is 4.71. The molecule has 7 heteroatoms. The summed E-state index contributed by atoms with van der Waals surface area (Å²) in [6.45, 7) is 10.5. The third-order valence-electron chi connectivity index (χ3n) is 4.47. The van der Waals surface area contributed by atoms with Crippen molar-refractivity contribution in [3.05, 3.63) is 46.7 Å². The molecule has 27 heavy (non-hydrogen) atoms. The first kappa shape index (κ1) is 19.7. The molecule has 2 aromatic rings. The van der Waals surface area contributed by atoms with Gasteiger partial charge >= 0.3 is 0 Å². The van der Waals surface area contributed by atoms with Gasteiger partial charge in [0.1, 0.15) is 5.75 Å². The summed E-state index contributed by atoms with van der Waals surface area (Å²) in [5.74, 6) is 1.05. The number of halogens is 1. The summed E-state index contributed by atoms with van der Waals surface area (Å²) in [6, 6.07) is 9.11. The smallest absolute Gasteiger partial charge is 0.261 e. The SMILES string of the molecule is CC(C)CN1CCn2nc(CNC(=O)C(C)Oc3cccc(Cl)c3)cc2C1. The Hall–Kier alpha value is -2.05. The van der Waals surface area contributed by atoms with Gasteiger partial charge in [0, 0.05) is 24.7 Å². The summed E-state index contributed by atoms with van der Waals surface area (Å²) in [5.41, 5.74) is 2.08. The number of hydrogen-bond acceptors (Lipinski definition) is 4. The van der Waals surface area contributed by atoms with Crippen molar-refractivity contribution >= 4 is 17.5 Å². The lowest BCUT2D eigenvalue weighted by molar-refractivity contribution is -0.127. The van der Waals surface area contributed by atoms with E-state index in [0.29, 0.717) is 23.2 Å². The quantitative estimate of drug-likeness (QED) is 0.789.